The first kappa shape index (κ1) is 14.2. The summed E-state index contributed by atoms with van der Waals surface area (Å²) in [5.74, 6) is -0.637. The van der Waals surface area contributed by atoms with Crippen LogP contribution < -0.4 is 5.73 Å². The third kappa shape index (κ3) is 4.54. The zero-order valence-corrected chi connectivity index (χ0v) is 10.4. The number of carbonyl (C=O) groups excluding carboxylic acids is 2. The zero-order valence-electron chi connectivity index (χ0n) is 10.4. The van der Waals surface area contributed by atoms with E-state index in [0.717, 1.165) is 11.5 Å². The molecular weight excluding hydrogens is 238 g/mol. The number of H-pyrrole nitrogens is 1. The van der Waals surface area contributed by atoms with Gasteiger partial charge in [-0.2, -0.15) is 0 Å². The first-order chi connectivity index (χ1) is 8.52. The molecule has 0 spiro atoms. The lowest BCUT2D eigenvalue weighted by Crippen LogP contribution is -2.35. The van der Waals surface area contributed by atoms with Gasteiger partial charge in [0.05, 0.1) is 0 Å². The third-order valence-corrected chi connectivity index (χ3v) is 2.17. The van der Waals surface area contributed by atoms with Crippen LogP contribution in [0.1, 0.15) is 31.3 Å². The summed E-state index contributed by atoms with van der Waals surface area (Å²) >= 11 is 0. The summed E-state index contributed by atoms with van der Waals surface area (Å²) in [7, 11) is 0. The molecule has 3 N–H and O–H groups in total. The maximum atomic E-state index is 11.4. The van der Waals surface area contributed by atoms with Crippen molar-refractivity contribution in [3.63, 3.8) is 0 Å². The molecule has 7 nitrogen and oxygen atoms in total. The molecule has 1 aromatic rings. The molecule has 0 saturated carbocycles. The first-order valence-electron chi connectivity index (χ1n) is 5.70. The van der Waals surface area contributed by atoms with Crippen molar-refractivity contribution in [1.82, 2.24) is 9.97 Å². The highest BCUT2D eigenvalue weighted by Crippen LogP contribution is 2.02. The highest BCUT2D eigenvalue weighted by Gasteiger charge is 2.19. The molecule has 1 unspecified atom stereocenters. The molecule has 0 saturated heterocycles. The van der Waals surface area contributed by atoms with Crippen molar-refractivity contribution in [3.8, 4) is 0 Å². The molecule has 0 bridgehead atoms. The van der Waals surface area contributed by atoms with Crippen molar-refractivity contribution in [1.29, 1.82) is 0 Å². The van der Waals surface area contributed by atoms with Gasteiger partial charge in [0.1, 0.15) is 11.9 Å². The van der Waals surface area contributed by atoms with E-state index < -0.39 is 18.0 Å². The normalized spacial score (nSPS) is 11.9. The van der Waals surface area contributed by atoms with E-state index in [1.807, 2.05) is 6.92 Å². The summed E-state index contributed by atoms with van der Waals surface area (Å²) in [6.45, 7) is 3.61. The van der Waals surface area contributed by atoms with Crippen molar-refractivity contribution in [2.45, 2.75) is 39.2 Å². The van der Waals surface area contributed by atoms with Crippen LogP contribution in [0.25, 0.3) is 0 Å². The summed E-state index contributed by atoms with van der Waals surface area (Å²) in [5.41, 5.74) is 6.32. The molecule has 0 aliphatic heterocycles. The predicted octanol–water partition coefficient (Wildman–Crippen LogP) is 0.389. The third-order valence-electron chi connectivity index (χ3n) is 2.17. The fourth-order valence-corrected chi connectivity index (χ4v) is 1.29. The Kier molecular flexibility index (Phi) is 5.31. The minimum absolute atomic E-state index is 0.197. The number of aryl methyl sites for hydroxylation is 1. The van der Waals surface area contributed by atoms with Crippen LogP contribution in [0.15, 0.2) is 6.20 Å². The summed E-state index contributed by atoms with van der Waals surface area (Å²) in [4.78, 5) is 38.0. The van der Waals surface area contributed by atoms with Crippen LogP contribution in [-0.2, 0) is 25.8 Å². The predicted molar refractivity (Wildman–Crippen MR) is 62.1 cm³/mol. The first-order valence-corrected chi connectivity index (χ1v) is 5.70. The number of aromatic amines is 1. The molecule has 1 rings (SSSR count). The van der Waals surface area contributed by atoms with Crippen LogP contribution in [0.4, 0.5) is 0 Å². The van der Waals surface area contributed by atoms with Gasteiger partial charge in [-0.3, -0.25) is 0 Å². The van der Waals surface area contributed by atoms with Gasteiger partial charge >= 0.3 is 11.9 Å². The van der Waals surface area contributed by atoms with Crippen molar-refractivity contribution in [3.05, 3.63) is 17.7 Å². The quantitative estimate of drug-likeness (QED) is 0.582. The zero-order chi connectivity index (χ0) is 13.5. The van der Waals surface area contributed by atoms with Crippen LogP contribution in [0.3, 0.4) is 0 Å². The highest BCUT2D eigenvalue weighted by molar-refractivity contribution is 5.77. The molecule has 100 valence electrons. The topological polar surface area (TPSA) is 107 Å². The van der Waals surface area contributed by atoms with Crippen LogP contribution >= 0.6 is 0 Å². The smallest absolute Gasteiger partial charge is 0.346 e. The SMILES string of the molecule is CCCC(=O)OOC(=O)C(N)Cc1cnc(C)[nH]1. The van der Waals surface area contributed by atoms with Gasteiger partial charge in [0.25, 0.3) is 0 Å². The largest absolute Gasteiger partial charge is 0.372 e. The standard InChI is InChI=1S/C11H17N3O4/c1-3-4-10(15)17-18-11(16)9(12)5-8-6-13-7(2)14-8/h6,9H,3-5,12H2,1-2H3,(H,13,14). The Labute approximate surface area is 105 Å². The van der Waals surface area contributed by atoms with Gasteiger partial charge in [0.15, 0.2) is 0 Å². The summed E-state index contributed by atoms with van der Waals surface area (Å²) in [6.07, 6.45) is 2.65. The molecule has 1 heterocycles. The van der Waals surface area contributed by atoms with E-state index in [-0.39, 0.29) is 12.8 Å². The summed E-state index contributed by atoms with van der Waals surface area (Å²) in [6, 6.07) is -0.903. The van der Waals surface area contributed by atoms with E-state index in [0.29, 0.717) is 6.42 Å². The highest BCUT2D eigenvalue weighted by atomic mass is 17.2. The molecule has 0 amide bonds. The second-order valence-electron chi connectivity index (χ2n) is 3.91. The molecule has 0 aliphatic carbocycles. The Bertz CT molecular complexity index is 416. The van der Waals surface area contributed by atoms with Crippen molar-refractivity contribution < 1.29 is 19.4 Å². The van der Waals surface area contributed by atoms with Gasteiger partial charge in [0, 0.05) is 24.7 Å². The van der Waals surface area contributed by atoms with E-state index in [9.17, 15) is 9.59 Å². The Morgan fingerprint density at radius 2 is 2.22 bits per heavy atom. The van der Waals surface area contributed by atoms with E-state index in [4.69, 9.17) is 5.73 Å². The number of nitrogens with two attached hydrogens (primary N) is 1. The van der Waals surface area contributed by atoms with E-state index in [1.54, 1.807) is 13.1 Å². The second kappa shape index (κ2) is 6.75. The number of hydrogen-bond acceptors (Lipinski definition) is 6. The van der Waals surface area contributed by atoms with E-state index in [2.05, 4.69) is 19.7 Å². The number of carbonyl (C=O) groups is 2. The average Bonchev–Trinajstić information content (AvgIpc) is 2.72. The van der Waals surface area contributed by atoms with Gasteiger partial charge < -0.3 is 10.7 Å². The fourth-order valence-electron chi connectivity index (χ4n) is 1.29. The molecule has 1 aromatic heterocycles. The van der Waals surface area contributed by atoms with Crippen molar-refractivity contribution in [2.24, 2.45) is 5.73 Å². The Hall–Kier alpha value is -1.89. The number of hydrogen-bond donors (Lipinski definition) is 2. The number of imidazole rings is 1. The number of nitrogens with zero attached hydrogens (tertiary/aromatic N) is 1. The molecule has 1 atom stereocenters. The van der Waals surface area contributed by atoms with Crippen molar-refractivity contribution >= 4 is 11.9 Å². The Balaban J connectivity index is 2.35. The van der Waals surface area contributed by atoms with Gasteiger partial charge in [-0.1, -0.05) is 6.92 Å². The lowest BCUT2D eigenvalue weighted by molar-refractivity contribution is -0.260. The van der Waals surface area contributed by atoms with Crippen LogP contribution in [0.2, 0.25) is 0 Å². The van der Waals surface area contributed by atoms with Crippen LogP contribution in [0, 0.1) is 6.92 Å². The van der Waals surface area contributed by atoms with Gasteiger partial charge in [0.2, 0.25) is 0 Å². The number of aromatic nitrogens is 2. The monoisotopic (exact) mass is 255 g/mol. The number of nitrogens with one attached hydrogen (secondary N) is 1. The van der Waals surface area contributed by atoms with E-state index in [1.165, 1.54) is 0 Å². The summed E-state index contributed by atoms with van der Waals surface area (Å²) < 4.78 is 0. The lowest BCUT2D eigenvalue weighted by atomic mass is 10.2. The molecule has 0 aromatic carbocycles. The Morgan fingerprint density at radius 3 is 2.78 bits per heavy atom. The van der Waals surface area contributed by atoms with Gasteiger partial charge in [-0.25, -0.2) is 24.3 Å². The molecule has 0 radical (unpaired) electrons. The maximum absolute atomic E-state index is 11.4. The molecule has 0 fully saturated rings. The molecule has 0 aliphatic rings. The molecule has 7 heteroatoms. The van der Waals surface area contributed by atoms with Gasteiger partial charge in [-0.15, -0.1) is 0 Å². The fraction of sp³-hybridized carbons (Fsp3) is 0.545. The minimum Gasteiger partial charge on any atom is -0.346 e. The van der Waals surface area contributed by atoms with Crippen LogP contribution in [-0.4, -0.2) is 27.9 Å². The van der Waals surface area contributed by atoms with E-state index >= 15 is 0 Å². The van der Waals surface area contributed by atoms with Gasteiger partial charge in [-0.05, 0) is 13.3 Å². The van der Waals surface area contributed by atoms with Crippen molar-refractivity contribution in [2.75, 3.05) is 0 Å². The number of rotatable bonds is 5. The summed E-state index contributed by atoms with van der Waals surface area (Å²) in [5, 5.41) is 0. The minimum atomic E-state index is -0.903. The average molecular weight is 255 g/mol. The second-order valence-corrected chi connectivity index (χ2v) is 3.91. The maximum Gasteiger partial charge on any atom is 0.372 e. The lowest BCUT2D eigenvalue weighted by Gasteiger charge is -2.08. The van der Waals surface area contributed by atoms with Crippen LogP contribution in [0.5, 0.6) is 0 Å². The molecule has 18 heavy (non-hydrogen) atoms. The molecular formula is C11H17N3O4. The Morgan fingerprint density at radius 1 is 1.50 bits per heavy atom.